The second-order valence-electron chi connectivity index (χ2n) is 7.51. The molecule has 5 heteroatoms. The quantitative estimate of drug-likeness (QED) is 0.810. The average Bonchev–Trinajstić information content (AvgIpc) is 2.95. The first-order chi connectivity index (χ1) is 13.1. The van der Waals surface area contributed by atoms with Crippen LogP contribution in [-0.4, -0.2) is 30.3 Å². The van der Waals surface area contributed by atoms with Gasteiger partial charge in [-0.15, -0.1) is 0 Å². The molecule has 0 spiro atoms. The normalized spacial score (nSPS) is 20.3. The van der Waals surface area contributed by atoms with Crippen LogP contribution < -0.4 is 5.32 Å². The molecule has 27 heavy (non-hydrogen) atoms. The van der Waals surface area contributed by atoms with Crippen LogP contribution in [0.5, 0.6) is 0 Å². The number of hydrogen-bond donors (Lipinski definition) is 2. The molecule has 2 N–H and O–H groups in total. The van der Waals surface area contributed by atoms with E-state index in [1.165, 1.54) is 22.3 Å². The van der Waals surface area contributed by atoms with Crippen molar-refractivity contribution < 1.29 is 19.4 Å². The minimum absolute atomic E-state index is 0.0619. The molecule has 2 aromatic carbocycles. The van der Waals surface area contributed by atoms with Crippen molar-refractivity contribution in [3.63, 3.8) is 0 Å². The van der Waals surface area contributed by atoms with Crippen molar-refractivity contribution in [3.8, 4) is 11.1 Å². The molecule has 0 unspecified atom stereocenters. The Morgan fingerprint density at radius 1 is 0.963 bits per heavy atom. The van der Waals surface area contributed by atoms with Crippen LogP contribution in [0, 0.1) is 11.8 Å². The maximum atomic E-state index is 12.1. The Labute approximate surface area is 158 Å². The lowest BCUT2D eigenvalue weighted by atomic mass is 9.73. The molecule has 2 aliphatic rings. The fraction of sp³-hybridized carbons (Fsp3) is 0.364. The fourth-order valence-electron chi connectivity index (χ4n) is 4.33. The minimum atomic E-state index is -0.747. The number of hydrogen-bond acceptors (Lipinski definition) is 3. The maximum absolute atomic E-state index is 12.1. The number of ether oxygens (including phenoxy) is 1. The molecule has 1 saturated carbocycles. The number of fused-ring (bicyclic) bond motifs is 3. The smallest absolute Gasteiger partial charge is 0.407 e. The van der Waals surface area contributed by atoms with E-state index >= 15 is 0 Å². The maximum Gasteiger partial charge on any atom is 0.407 e. The van der Waals surface area contributed by atoms with E-state index in [4.69, 9.17) is 9.84 Å². The molecule has 0 aromatic heterocycles. The van der Waals surface area contributed by atoms with Gasteiger partial charge in [-0.1, -0.05) is 48.5 Å². The highest BCUT2D eigenvalue weighted by Gasteiger charge is 2.31. The first-order valence-electron chi connectivity index (χ1n) is 9.42. The number of benzene rings is 2. The third-order valence-electron chi connectivity index (χ3n) is 5.68. The predicted molar refractivity (Wildman–Crippen MR) is 102 cm³/mol. The van der Waals surface area contributed by atoms with E-state index in [9.17, 15) is 9.59 Å². The summed E-state index contributed by atoms with van der Waals surface area (Å²) in [6.45, 7) is 0.860. The number of carboxylic acids is 1. The zero-order chi connectivity index (χ0) is 18.8. The van der Waals surface area contributed by atoms with Crippen LogP contribution in [-0.2, 0) is 9.53 Å². The van der Waals surface area contributed by atoms with Crippen molar-refractivity contribution in [3.05, 3.63) is 59.7 Å². The van der Waals surface area contributed by atoms with Crippen molar-refractivity contribution >= 4 is 12.1 Å². The average molecular weight is 365 g/mol. The summed E-state index contributed by atoms with van der Waals surface area (Å²) in [6, 6.07) is 16.5. The van der Waals surface area contributed by atoms with Crippen LogP contribution >= 0.6 is 0 Å². The summed E-state index contributed by atoms with van der Waals surface area (Å²) in [5.41, 5.74) is 4.81. The minimum Gasteiger partial charge on any atom is -0.481 e. The number of carboxylic acid groups (broad SMARTS) is 1. The summed E-state index contributed by atoms with van der Waals surface area (Å²) in [7, 11) is 0. The second kappa shape index (κ2) is 7.43. The molecule has 0 aliphatic heterocycles. The van der Waals surface area contributed by atoms with Gasteiger partial charge in [-0.25, -0.2) is 4.79 Å². The van der Waals surface area contributed by atoms with Crippen LogP contribution in [0.4, 0.5) is 4.79 Å². The standard InChI is InChI=1S/C22H23NO4/c24-21(25)11-14-9-15(10-14)12-23-22(26)27-13-20-18-7-3-1-5-16(18)17-6-2-4-8-19(17)20/h1-8,14-15,20H,9-13H2,(H,23,26)(H,24,25). The third kappa shape index (κ3) is 3.68. The Hall–Kier alpha value is -2.82. The Balaban J connectivity index is 1.29. The molecule has 5 nitrogen and oxygen atoms in total. The van der Waals surface area contributed by atoms with E-state index in [0.29, 0.717) is 19.1 Å². The van der Waals surface area contributed by atoms with Gasteiger partial charge >= 0.3 is 12.1 Å². The number of alkyl carbamates (subject to hydrolysis) is 1. The largest absolute Gasteiger partial charge is 0.481 e. The molecule has 2 aliphatic carbocycles. The lowest BCUT2D eigenvalue weighted by Crippen LogP contribution is -2.37. The Kier molecular flexibility index (Phi) is 4.84. The number of aliphatic carboxylic acids is 1. The highest BCUT2D eigenvalue weighted by molar-refractivity contribution is 5.79. The first-order valence-corrected chi connectivity index (χ1v) is 9.42. The van der Waals surface area contributed by atoms with Crippen molar-refractivity contribution in [2.24, 2.45) is 11.8 Å². The van der Waals surface area contributed by atoms with Gasteiger partial charge in [-0.2, -0.15) is 0 Å². The molecular formula is C22H23NO4. The highest BCUT2D eigenvalue weighted by Crippen LogP contribution is 2.44. The number of carbonyl (C=O) groups is 2. The van der Waals surface area contributed by atoms with Gasteiger partial charge in [-0.3, -0.25) is 4.79 Å². The summed E-state index contributed by atoms with van der Waals surface area (Å²) in [6.07, 6.45) is 1.53. The Morgan fingerprint density at radius 3 is 2.15 bits per heavy atom. The van der Waals surface area contributed by atoms with Crippen molar-refractivity contribution in [1.29, 1.82) is 0 Å². The van der Waals surface area contributed by atoms with E-state index in [1.54, 1.807) is 0 Å². The number of amides is 1. The zero-order valence-electron chi connectivity index (χ0n) is 15.1. The fourth-order valence-corrected chi connectivity index (χ4v) is 4.33. The number of rotatable bonds is 6. The first kappa shape index (κ1) is 17.6. The van der Waals surface area contributed by atoms with Crippen molar-refractivity contribution in [2.45, 2.75) is 25.2 Å². The molecular weight excluding hydrogens is 342 g/mol. The zero-order valence-corrected chi connectivity index (χ0v) is 15.1. The monoisotopic (exact) mass is 365 g/mol. The van der Waals surface area contributed by atoms with Gasteiger partial charge in [0, 0.05) is 18.9 Å². The van der Waals surface area contributed by atoms with Crippen LogP contribution in [0.25, 0.3) is 11.1 Å². The SMILES string of the molecule is O=C(O)CC1CC(CNC(=O)OCC2c3ccccc3-c3ccccc32)C1. The molecule has 1 amide bonds. The van der Waals surface area contributed by atoms with E-state index in [1.807, 2.05) is 24.3 Å². The molecule has 0 bridgehead atoms. The predicted octanol–water partition coefficient (Wildman–Crippen LogP) is 4.03. The number of carbonyl (C=O) groups excluding carboxylic acids is 1. The van der Waals surface area contributed by atoms with Crippen LogP contribution in [0.1, 0.15) is 36.3 Å². The van der Waals surface area contributed by atoms with Gasteiger partial charge < -0.3 is 15.2 Å². The van der Waals surface area contributed by atoms with Gasteiger partial charge in [-0.05, 0) is 46.9 Å². The Morgan fingerprint density at radius 2 is 1.56 bits per heavy atom. The van der Waals surface area contributed by atoms with Crippen LogP contribution in [0.3, 0.4) is 0 Å². The lowest BCUT2D eigenvalue weighted by molar-refractivity contribution is -0.139. The summed E-state index contributed by atoms with van der Waals surface area (Å²) in [5, 5.41) is 11.6. The molecule has 1 fully saturated rings. The summed E-state index contributed by atoms with van der Waals surface area (Å²) in [5.74, 6) is -0.0820. The Bertz CT molecular complexity index is 811. The van der Waals surface area contributed by atoms with Crippen molar-refractivity contribution in [2.75, 3.05) is 13.2 Å². The summed E-state index contributed by atoms with van der Waals surface area (Å²) in [4.78, 5) is 22.8. The topological polar surface area (TPSA) is 75.6 Å². The molecule has 2 aromatic rings. The molecule has 0 atom stereocenters. The molecule has 0 heterocycles. The third-order valence-corrected chi connectivity index (χ3v) is 5.68. The van der Waals surface area contributed by atoms with Gasteiger partial charge in [0.15, 0.2) is 0 Å². The number of nitrogens with one attached hydrogen (secondary N) is 1. The molecule has 0 radical (unpaired) electrons. The van der Waals surface area contributed by atoms with E-state index < -0.39 is 12.1 Å². The second-order valence-corrected chi connectivity index (χ2v) is 7.51. The molecule has 140 valence electrons. The van der Waals surface area contributed by atoms with Crippen LogP contribution in [0.2, 0.25) is 0 Å². The summed E-state index contributed by atoms with van der Waals surface area (Å²) < 4.78 is 5.51. The van der Waals surface area contributed by atoms with Gasteiger partial charge in [0.2, 0.25) is 0 Å². The van der Waals surface area contributed by atoms with Crippen molar-refractivity contribution in [1.82, 2.24) is 5.32 Å². The van der Waals surface area contributed by atoms with E-state index in [2.05, 4.69) is 29.6 Å². The highest BCUT2D eigenvalue weighted by atomic mass is 16.5. The van der Waals surface area contributed by atoms with Gasteiger partial charge in [0.25, 0.3) is 0 Å². The van der Waals surface area contributed by atoms with E-state index in [-0.39, 0.29) is 18.3 Å². The van der Waals surface area contributed by atoms with Crippen LogP contribution in [0.15, 0.2) is 48.5 Å². The molecule has 0 saturated heterocycles. The lowest BCUT2D eigenvalue weighted by Gasteiger charge is -2.34. The van der Waals surface area contributed by atoms with E-state index in [0.717, 1.165) is 12.8 Å². The van der Waals surface area contributed by atoms with Gasteiger partial charge in [0.05, 0.1) is 0 Å². The molecule has 4 rings (SSSR count). The summed E-state index contributed by atoms with van der Waals surface area (Å²) >= 11 is 0. The van der Waals surface area contributed by atoms with Gasteiger partial charge in [0.1, 0.15) is 6.61 Å².